The van der Waals surface area contributed by atoms with Crippen molar-refractivity contribution in [2.45, 2.75) is 6.42 Å². The second-order valence-electron chi connectivity index (χ2n) is 2.28. The third-order valence-corrected chi connectivity index (χ3v) is 1.42. The van der Waals surface area contributed by atoms with E-state index in [4.69, 9.17) is 4.74 Å². The van der Waals surface area contributed by atoms with E-state index in [1.807, 2.05) is 0 Å². The smallest absolute Gasteiger partial charge is 0.155 e. The van der Waals surface area contributed by atoms with Gasteiger partial charge in [0.1, 0.15) is 0 Å². The van der Waals surface area contributed by atoms with Crippen LogP contribution < -0.4 is 0 Å². The minimum absolute atomic E-state index is 0.128. The van der Waals surface area contributed by atoms with Gasteiger partial charge in [0, 0.05) is 12.3 Å². The fraction of sp³-hybridized carbons (Fsp3) is 0.571. The van der Waals surface area contributed by atoms with Crippen molar-refractivity contribution in [1.82, 2.24) is 0 Å². The normalized spacial score (nSPS) is 18.7. The molecule has 9 heavy (non-hydrogen) atoms. The van der Waals surface area contributed by atoms with Gasteiger partial charge < -0.3 is 4.74 Å². The highest BCUT2D eigenvalue weighted by molar-refractivity contribution is 5.89. The molecule has 50 valence electrons. The van der Waals surface area contributed by atoms with E-state index in [0.717, 1.165) is 13.2 Å². The van der Waals surface area contributed by atoms with Crippen molar-refractivity contribution in [2.24, 2.45) is 5.92 Å². The minimum Gasteiger partial charge on any atom is -0.381 e. The Hall–Kier alpha value is -0.630. The summed E-state index contributed by atoms with van der Waals surface area (Å²) in [6, 6.07) is 0. The lowest BCUT2D eigenvalue weighted by molar-refractivity contribution is -0.119. The van der Waals surface area contributed by atoms with E-state index in [1.165, 1.54) is 6.08 Å². The van der Waals surface area contributed by atoms with Crippen LogP contribution in [0.15, 0.2) is 12.7 Å². The zero-order valence-electron chi connectivity index (χ0n) is 5.30. The van der Waals surface area contributed by atoms with E-state index in [1.54, 1.807) is 0 Å². The van der Waals surface area contributed by atoms with E-state index in [9.17, 15) is 4.79 Å². The molecule has 1 heterocycles. The maximum Gasteiger partial charge on any atom is 0.155 e. The predicted molar refractivity (Wildman–Crippen MR) is 34.1 cm³/mol. The average molecular weight is 126 g/mol. The zero-order chi connectivity index (χ0) is 6.69. The first-order valence-electron chi connectivity index (χ1n) is 3.06. The average Bonchev–Trinajstić information content (AvgIpc) is 1.78. The molecule has 0 spiro atoms. The second kappa shape index (κ2) is 2.78. The lowest BCUT2D eigenvalue weighted by atomic mass is 10.0. The molecule has 1 aliphatic rings. The van der Waals surface area contributed by atoms with Gasteiger partial charge in [-0.1, -0.05) is 6.58 Å². The molecule has 1 fully saturated rings. The minimum atomic E-state index is 0.128. The molecule has 0 unspecified atom stereocenters. The Labute approximate surface area is 54.5 Å². The van der Waals surface area contributed by atoms with Crippen molar-refractivity contribution < 1.29 is 9.53 Å². The molecule has 0 amide bonds. The van der Waals surface area contributed by atoms with Gasteiger partial charge in [0.05, 0.1) is 13.2 Å². The summed E-state index contributed by atoms with van der Waals surface area (Å²) in [7, 11) is 0. The molecule has 0 N–H and O–H groups in total. The number of ketones is 1. The van der Waals surface area contributed by atoms with Gasteiger partial charge in [-0.25, -0.2) is 0 Å². The lowest BCUT2D eigenvalue weighted by Crippen LogP contribution is -2.29. The third kappa shape index (κ3) is 1.64. The van der Waals surface area contributed by atoms with Gasteiger partial charge in [0.15, 0.2) is 5.78 Å². The highest BCUT2D eigenvalue weighted by Gasteiger charge is 2.19. The summed E-state index contributed by atoms with van der Waals surface area (Å²) < 4.78 is 4.89. The second-order valence-corrected chi connectivity index (χ2v) is 2.28. The van der Waals surface area contributed by atoms with Crippen LogP contribution in [0, 0.1) is 5.92 Å². The molecule has 1 aliphatic heterocycles. The molecule has 1 saturated heterocycles. The first kappa shape index (κ1) is 6.49. The van der Waals surface area contributed by atoms with Crippen molar-refractivity contribution in [2.75, 3.05) is 13.2 Å². The van der Waals surface area contributed by atoms with Crippen molar-refractivity contribution in [3.05, 3.63) is 12.7 Å². The molecule has 0 radical (unpaired) electrons. The van der Waals surface area contributed by atoms with E-state index in [-0.39, 0.29) is 5.78 Å². The van der Waals surface area contributed by atoms with E-state index < -0.39 is 0 Å². The Morgan fingerprint density at radius 3 is 2.78 bits per heavy atom. The first-order chi connectivity index (χ1) is 4.33. The van der Waals surface area contributed by atoms with Crippen molar-refractivity contribution in [1.29, 1.82) is 0 Å². The number of rotatable bonds is 3. The molecule has 0 atom stereocenters. The standard InChI is InChI=1S/C7H10O2/c1-2-7(8)3-6-4-9-5-6/h2,6H,1,3-5H2. The number of allylic oxidation sites excluding steroid dienone is 1. The third-order valence-electron chi connectivity index (χ3n) is 1.42. The Morgan fingerprint density at radius 1 is 1.78 bits per heavy atom. The first-order valence-corrected chi connectivity index (χ1v) is 3.06. The summed E-state index contributed by atoms with van der Waals surface area (Å²) in [5, 5.41) is 0. The number of carbonyl (C=O) groups is 1. The largest absolute Gasteiger partial charge is 0.381 e. The summed E-state index contributed by atoms with van der Waals surface area (Å²) in [4.78, 5) is 10.6. The van der Waals surface area contributed by atoms with E-state index in [2.05, 4.69) is 6.58 Å². The fourth-order valence-electron chi connectivity index (χ4n) is 0.770. The number of ether oxygens (including phenoxy) is 1. The molecular formula is C7H10O2. The van der Waals surface area contributed by atoms with Gasteiger partial charge in [-0.2, -0.15) is 0 Å². The van der Waals surface area contributed by atoms with Gasteiger partial charge in [-0.15, -0.1) is 0 Å². The lowest BCUT2D eigenvalue weighted by Gasteiger charge is -2.24. The van der Waals surface area contributed by atoms with Crippen LogP contribution in [-0.2, 0) is 9.53 Å². The molecular weight excluding hydrogens is 116 g/mol. The van der Waals surface area contributed by atoms with Gasteiger partial charge in [-0.05, 0) is 6.08 Å². The predicted octanol–water partition coefficient (Wildman–Crippen LogP) is 0.778. The van der Waals surface area contributed by atoms with E-state index in [0.29, 0.717) is 12.3 Å². The topological polar surface area (TPSA) is 26.3 Å². The van der Waals surface area contributed by atoms with Gasteiger partial charge >= 0.3 is 0 Å². The Bertz CT molecular complexity index is 125. The highest BCUT2D eigenvalue weighted by Crippen LogP contribution is 2.14. The molecule has 2 heteroatoms. The van der Waals surface area contributed by atoms with Crippen molar-refractivity contribution in [3.8, 4) is 0 Å². The monoisotopic (exact) mass is 126 g/mol. The Balaban J connectivity index is 2.16. The maximum atomic E-state index is 10.6. The molecule has 0 saturated carbocycles. The fourth-order valence-corrected chi connectivity index (χ4v) is 0.770. The van der Waals surface area contributed by atoms with Crippen LogP contribution in [0.2, 0.25) is 0 Å². The summed E-state index contributed by atoms with van der Waals surface area (Å²) >= 11 is 0. The number of hydrogen-bond acceptors (Lipinski definition) is 2. The van der Waals surface area contributed by atoms with Crippen molar-refractivity contribution >= 4 is 5.78 Å². The highest BCUT2D eigenvalue weighted by atomic mass is 16.5. The molecule has 0 aromatic rings. The summed E-state index contributed by atoms with van der Waals surface area (Å²) in [6.45, 7) is 4.88. The van der Waals surface area contributed by atoms with Crippen LogP contribution in [0.3, 0.4) is 0 Å². The molecule has 0 bridgehead atoms. The SMILES string of the molecule is C=CC(=O)CC1COC1. The van der Waals surface area contributed by atoms with Crippen LogP contribution in [0.5, 0.6) is 0 Å². The zero-order valence-corrected chi connectivity index (χ0v) is 5.30. The molecule has 2 nitrogen and oxygen atoms in total. The van der Waals surface area contributed by atoms with Gasteiger partial charge in [0.25, 0.3) is 0 Å². The number of carbonyl (C=O) groups excluding carboxylic acids is 1. The van der Waals surface area contributed by atoms with E-state index >= 15 is 0 Å². The number of hydrogen-bond donors (Lipinski definition) is 0. The van der Waals surface area contributed by atoms with Crippen LogP contribution in [0.4, 0.5) is 0 Å². The molecule has 1 rings (SSSR count). The van der Waals surface area contributed by atoms with Gasteiger partial charge in [-0.3, -0.25) is 4.79 Å². The summed E-state index contributed by atoms with van der Waals surface area (Å²) in [5.74, 6) is 0.596. The van der Waals surface area contributed by atoms with Crippen LogP contribution in [0.25, 0.3) is 0 Å². The van der Waals surface area contributed by atoms with Crippen LogP contribution in [-0.4, -0.2) is 19.0 Å². The molecule has 0 aliphatic carbocycles. The molecule has 0 aromatic heterocycles. The van der Waals surface area contributed by atoms with Gasteiger partial charge in [0.2, 0.25) is 0 Å². The van der Waals surface area contributed by atoms with Crippen LogP contribution in [0.1, 0.15) is 6.42 Å². The Kier molecular flexibility index (Phi) is 2.01. The maximum absolute atomic E-state index is 10.6. The van der Waals surface area contributed by atoms with Crippen molar-refractivity contribution in [3.63, 3.8) is 0 Å². The quantitative estimate of drug-likeness (QED) is 0.522. The molecule has 0 aromatic carbocycles. The Morgan fingerprint density at radius 2 is 2.44 bits per heavy atom. The summed E-state index contributed by atoms with van der Waals surface area (Å²) in [6.07, 6.45) is 1.99. The summed E-state index contributed by atoms with van der Waals surface area (Å²) in [5.41, 5.74) is 0. The van der Waals surface area contributed by atoms with Crippen LogP contribution >= 0.6 is 0 Å².